The van der Waals surface area contributed by atoms with Crippen molar-refractivity contribution in [1.82, 2.24) is 5.43 Å². The summed E-state index contributed by atoms with van der Waals surface area (Å²) in [6, 6.07) is 6.54. The summed E-state index contributed by atoms with van der Waals surface area (Å²) in [7, 11) is 0. The predicted molar refractivity (Wildman–Crippen MR) is 90.0 cm³/mol. The Morgan fingerprint density at radius 3 is 2.31 bits per heavy atom. The molecule has 0 radical (unpaired) electrons. The van der Waals surface area contributed by atoms with Gasteiger partial charge in [-0.2, -0.15) is 13.2 Å². The van der Waals surface area contributed by atoms with Crippen LogP contribution in [0.4, 0.5) is 24.5 Å². The van der Waals surface area contributed by atoms with Crippen LogP contribution in [0, 0.1) is 10.1 Å². The molecule has 6 nitrogen and oxygen atoms in total. The Kier molecular flexibility index (Phi) is 5.94. The van der Waals surface area contributed by atoms with Crippen LogP contribution in [0.25, 0.3) is 0 Å². The van der Waals surface area contributed by atoms with Crippen LogP contribution in [-0.2, 0) is 17.4 Å². The number of rotatable bonds is 5. The maximum atomic E-state index is 12.7. The molecule has 2 N–H and O–H groups in total. The highest BCUT2D eigenvalue weighted by molar-refractivity contribution is 6.36. The molecule has 11 heteroatoms. The quantitative estimate of drug-likeness (QED) is 0.559. The second kappa shape index (κ2) is 7.79. The SMILES string of the molecule is O=C(Cc1c(Cl)cccc1Cl)NNc1ccc(C(F)(F)F)cc1[N+](=O)[O-]. The van der Waals surface area contributed by atoms with E-state index in [0.29, 0.717) is 17.7 Å². The molecule has 2 aromatic rings. The fourth-order valence-corrected chi connectivity index (χ4v) is 2.54. The van der Waals surface area contributed by atoms with Crippen molar-refractivity contribution in [3.63, 3.8) is 0 Å². The number of hydrazine groups is 1. The average Bonchev–Trinajstić information content (AvgIpc) is 2.55. The highest BCUT2D eigenvalue weighted by atomic mass is 35.5. The molecule has 0 aliphatic rings. The lowest BCUT2D eigenvalue weighted by Gasteiger charge is -2.12. The van der Waals surface area contributed by atoms with E-state index in [1.54, 1.807) is 6.07 Å². The Labute approximate surface area is 155 Å². The first-order valence-corrected chi connectivity index (χ1v) is 7.68. The van der Waals surface area contributed by atoms with E-state index in [1.165, 1.54) is 12.1 Å². The number of hydrogen-bond acceptors (Lipinski definition) is 4. The second-order valence-electron chi connectivity index (χ2n) is 5.04. The normalized spacial score (nSPS) is 11.1. The third kappa shape index (κ3) is 4.77. The fraction of sp³-hybridized carbons (Fsp3) is 0.133. The smallest absolute Gasteiger partial charge is 0.292 e. The highest BCUT2D eigenvalue weighted by Gasteiger charge is 2.33. The van der Waals surface area contributed by atoms with Crippen molar-refractivity contribution in [1.29, 1.82) is 0 Å². The number of carbonyl (C=O) groups excluding carboxylic acids is 1. The summed E-state index contributed by atoms with van der Waals surface area (Å²) in [5.41, 5.74) is 2.43. The van der Waals surface area contributed by atoms with Gasteiger partial charge in [-0.05, 0) is 29.8 Å². The first kappa shape index (κ1) is 19.8. The number of hydrogen-bond donors (Lipinski definition) is 2. The number of nitro groups is 1. The molecule has 0 fully saturated rings. The standard InChI is InChI=1S/C15H10Cl2F3N3O3/c16-10-2-1-3-11(17)9(10)7-14(24)22-21-12-5-4-8(15(18,19)20)6-13(12)23(25)26/h1-6,21H,7H2,(H,22,24). The van der Waals surface area contributed by atoms with Gasteiger partial charge in [-0.25, -0.2) is 0 Å². The Hall–Kier alpha value is -2.52. The van der Waals surface area contributed by atoms with Crippen molar-refractivity contribution in [3.8, 4) is 0 Å². The number of benzene rings is 2. The highest BCUT2D eigenvalue weighted by Crippen LogP contribution is 2.34. The summed E-state index contributed by atoms with van der Waals surface area (Å²) < 4.78 is 38.0. The van der Waals surface area contributed by atoms with Gasteiger partial charge in [-0.1, -0.05) is 29.3 Å². The number of nitrogens with one attached hydrogen (secondary N) is 2. The maximum Gasteiger partial charge on any atom is 0.416 e. The van der Waals surface area contributed by atoms with Gasteiger partial charge < -0.3 is 0 Å². The van der Waals surface area contributed by atoms with E-state index in [2.05, 4.69) is 10.9 Å². The van der Waals surface area contributed by atoms with E-state index in [1.807, 2.05) is 0 Å². The zero-order chi connectivity index (χ0) is 19.5. The molecular formula is C15H10Cl2F3N3O3. The number of anilines is 1. The minimum atomic E-state index is -4.73. The van der Waals surface area contributed by atoms with Gasteiger partial charge in [0.2, 0.25) is 5.91 Å². The lowest BCUT2D eigenvalue weighted by atomic mass is 10.1. The number of nitro benzene ring substituents is 1. The minimum Gasteiger partial charge on any atom is -0.292 e. The van der Waals surface area contributed by atoms with Crippen LogP contribution < -0.4 is 10.9 Å². The molecule has 0 heterocycles. The number of amides is 1. The van der Waals surface area contributed by atoms with Gasteiger partial charge in [0.25, 0.3) is 5.69 Å². The largest absolute Gasteiger partial charge is 0.416 e. The average molecular weight is 408 g/mol. The summed E-state index contributed by atoms with van der Waals surface area (Å²) in [6.45, 7) is 0. The maximum absolute atomic E-state index is 12.7. The number of nitrogens with zero attached hydrogens (tertiary/aromatic N) is 1. The second-order valence-corrected chi connectivity index (χ2v) is 5.85. The van der Waals surface area contributed by atoms with Crippen LogP contribution in [0.3, 0.4) is 0 Å². The topological polar surface area (TPSA) is 84.3 Å². The molecular weight excluding hydrogens is 398 g/mol. The molecule has 0 spiro atoms. The molecule has 0 unspecified atom stereocenters. The summed E-state index contributed by atoms with van der Waals surface area (Å²) in [5, 5.41) is 11.5. The summed E-state index contributed by atoms with van der Waals surface area (Å²) in [5.74, 6) is -0.644. The monoisotopic (exact) mass is 407 g/mol. The van der Waals surface area contributed by atoms with E-state index in [4.69, 9.17) is 23.2 Å². The van der Waals surface area contributed by atoms with Gasteiger partial charge in [-0.3, -0.25) is 25.8 Å². The summed E-state index contributed by atoms with van der Waals surface area (Å²) in [6.07, 6.45) is -4.96. The van der Waals surface area contributed by atoms with E-state index in [-0.39, 0.29) is 22.2 Å². The van der Waals surface area contributed by atoms with Crippen molar-refractivity contribution >= 4 is 40.5 Å². The number of carbonyl (C=O) groups is 1. The molecule has 138 valence electrons. The van der Waals surface area contributed by atoms with E-state index in [0.717, 1.165) is 6.07 Å². The minimum absolute atomic E-state index is 0.236. The molecule has 0 aromatic heterocycles. The van der Waals surface area contributed by atoms with Gasteiger partial charge in [0.15, 0.2) is 0 Å². The molecule has 0 aliphatic carbocycles. The van der Waals surface area contributed by atoms with Crippen molar-refractivity contribution in [2.45, 2.75) is 12.6 Å². The molecule has 0 saturated heterocycles. The molecule has 2 rings (SSSR count). The number of alkyl halides is 3. The van der Waals surface area contributed by atoms with Crippen LogP contribution in [-0.4, -0.2) is 10.8 Å². The third-order valence-corrected chi connectivity index (χ3v) is 3.97. The van der Waals surface area contributed by atoms with E-state index < -0.39 is 28.3 Å². The summed E-state index contributed by atoms with van der Waals surface area (Å²) >= 11 is 11.9. The van der Waals surface area contributed by atoms with Crippen LogP contribution in [0.2, 0.25) is 10.0 Å². The van der Waals surface area contributed by atoms with E-state index in [9.17, 15) is 28.1 Å². The van der Waals surface area contributed by atoms with Crippen LogP contribution in [0.1, 0.15) is 11.1 Å². The molecule has 0 atom stereocenters. The Morgan fingerprint density at radius 1 is 1.15 bits per heavy atom. The van der Waals surface area contributed by atoms with Crippen LogP contribution in [0.5, 0.6) is 0 Å². The summed E-state index contributed by atoms with van der Waals surface area (Å²) in [4.78, 5) is 21.9. The van der Waals surface area contributed by atoms with E-state index >= 15 is 0 Å². The van der Waals surface area contributed by atoms with Gasteiger partial charge in [0, 0.05) is 16.1 Å². The third-order valence-electron chi connectivity index (χ3n) is 3.26. The Balaban J connectivity index is 2.14. The van der Waals surface area contributed by atoms with Crippen molar-refractivity contribution in [3.05, 3.63) is 67.7 Å². The molecule has 0 saturated carbocycles. The predicted octanol–water partition coefficient (Wildman–Crippen LogP) is 4.61. The fourth-order valence-electron chi connectivity index (χ4n) is 2.01. The van der Waals surface area contributed by atoms with Gasteiger partial charge in [0.05, 0.1) is 16.9 Å². The van der Waals surface area contributed by atoms with Crippen molar-refractivity contribution in [2.24, 2.45) is 0 Å². The zero-order valence-electron chi connectivity index (χ0n) is 12.7. The molecule has 2 aromatic carbocycles. The van der Waals surface area contributed by atoms with Crippen molar-refractivity contribution in [2.75, 3.05) is 5.43 Å². The molecule has 0 bridgehead atoms. The van der Waals surface area contributed by atoms with Gasteiger partial charge in [-0.15, -0.1) is 0 Å². The van der Waals surface area contributed by atoms with Crippen LogP contribution in [0.15, 0.2) is 36.4 Å². The molecule has 1 amide bonds. The van der Waals surface area contributed by atoms with Gasteiger partial charge in [0.1, 0.15) is 5.69 Å². The van der Waals surface area contributed by atoms with Gasteiger partial charge >= 0.3 is 6.18 Å². The van der Waals surface area contributed by atoms with Crippen molar-refractivity contribution < 1.29 is 22.9 Å². The van der Waals surface area contributed by atoms with Crippen LogP contribution >= 0.6 is 23.2 Å². The Bertz CT molecular complexity index is 840. The first-order chi connectivity index (χ1) is 12.1. The lowest BCUT2D eigenvalue weighted by molar-refractivity contribution is -0.384. The zero-order valence-corrected chi connectivity index (χ0v) is 14.2. The lowest BCUT2D eigenvalue weighted by Crippen LogP contribution is -2.31. The first-order valence-electron chi connectivity index (χ1n) is 6.93. The number of halogens is 5. The Morgan fingerprint density at radius 2 is 1.77 bits per heavy atom. The molecule has 26 heavy (non-hydrogen) atoms. The molecule has 0 aliphatic heterocycles.